The average Bonchev–Trinajstić information content (AvgIpc) is 3.28. The lowest BCUT2D eigenvalue weighted by Crippen LogP contribution is -2.13. The summed E-state index contributed by atoms with van der Waals surface area (Å²) in [6, 6.07) is 10.1. The Hall–Kier alpha value is -2.87. The van der Waals surface area contributed by atoms with E-state index in [1.54, 1.807) is 0 Å². The fraction of sp³-hybridized carbons (Fsp3) is 0.100. The van der Waals surface area contributed by atoms with Crippen LogP contribution in [0.3, 0.4) is 0 Å². The molecule has 142 valence electrons. The Morgan fingerprint density at radius 3 is 2.64 bits per heavy atom. The topological polar surface area (TPSA) is 61.5 Å². The third-order valence-electron chi connectivity index (χ3n) is 4.44. The summed E-state index contributed by atoms with van der Waals surface area (Å²) < 4.78 is 40.5. The number of benzene rings is 2. The van der Waals surface area contributed by atoms with Crippen LogP contribution in [0.1, 0.15) is 27.0 Å². The molecular formula is C20H13BrF3N3O. The summed E-state index contributed by atoms with van der Waals surface area (Å²) in [5, 5.41) is 0. The number of halogens is 4. The van der Waals surface area contributed by atoms with Crippen molar-refractivity contribution in [3.05, 3.63) is 75.4 Å². The third kappa shape index (κ3) is 3.24. The molecule has 0 aliphatic rings. The summed E-state index contributed by atoms with van der Waals surface area (Å²) in [7, 11) is 0. The minimum Gasteiger partial charge on any atom is -0.358 e. The zero-order valence-electron chi connectivity index (χ0n) is 14.5. The first-order chi connectivity index (χ1) is 13.2. The minimum atomic E-state index is -4.60. The molecule has 0 atom stereocenters. The van der Waals surface area contributed by atoms with Crippen LogP contribution >= 0.6 is 15.9 Å². The molecule has 4 rings (SSSR count). The van der Waals surface area contributed by atoms with E-state index in [4.69, 9.17) is 0 Å². The highest BCUT2D eigenvalue weighted by Crippen LogP contribution is 2.33. The second kappa shape index (κ2) is 6.63. The number of aryl methyl sites for hydroxylation is 1. The molecule has 0 aliphatic heterocycles. The monoisotopic (exact) mass is 447 g/mol. The van der Waals surface area contributed by atoms with Crippen LogP contribution in [0.25, 0.3) is 22.6 Å². The van der Waals surface area contributed by atoms with Crippen molar-refractivity contribution >= 4 is 32.7 Å². The van der Waals surface area contributed by atoms with Gasteiger partial charge in [0.15, 0.2) is 11.6 Å². The number of nitrogens with zero attached hydrogens (tertiary/aromatic N) is 1. The Bertz CT molecular complexity index is 1170. The number of H-pyrrole nitrogens is 2. The largest absolute Gasteiger partial charge is 0.417 e. The summed E-state index contributed by atoms with van der Waals surface area (Å²) in [6.45, 7) is 1.95. The van der Waals surface area contributed by atoms with E-state index in [2.05, 4.69) is 30.9 Å². The van der Waals surface area contributed by atoms with E-state index >= 15 is 0 Å². The molecule has 0 spiro atoms. The van der Waals surface area contributed by atoms with Gasteiger partial charge < -0.3 is 9.97 Å². The molecule has 0 fully saturated rings. The Balaban J connectivity index is 1.72. The van der Waals surface area contributed by atoms with Crippen LogP contribution in [0, 0.1) is 6.92 Å². The number of hydrogen-bond acceptors (Lipinski definition) is 2. The smallest absolute Gasteiger partial charge is 0.358 e. The lowest BCUT2D eigenvalue weighted by molar-refractivity contribution is -0.137. The van der Waals surface area contributed by atoms with Gasteiger partial charge >= 0.3 is 6.18 Å². The highest BCUT2D eigenvalue weighted by Gasteiger charge is 2.35. The molecule has 8 heteroatoms. The number of nitrogens with one attached hydrogen (secondary N) is 2. The molecule has 0 aliphatic carbocycles. The maximum absolute atomic E-state index is 13.2. The van der Waals surface area contributed by atoms with Crippen LogP contribution in [0.15, 0.2) is 53.1 Å². The van der Waals surface area contributed by atoms with Crippen LogP contribution in [0.5, 0.6) is 0 Å². The van der Waals surface area contributed by atoms with E-state index in [1.807, 2.05) is 19.1 Å². The molecule has 2 N–H and O–H groups in total. The molecule has 2 heterocycles. The molecule has 2 aromatic heterocycles. The zero-order valence-corrected chi connectivity index (χ0v) is 16.1. The van der Waals surface area contributed by atoms with E-state index in [1.165, 1.54) is 30.5 Å². The number of aromatic nitrogens is 3. The SMILES string of the molecule is Cc1cc2[nH]c(-c3cc(C(=O)c4ccccc4C(F)(F)F)c[nH]3)nc2cc1Br. The molecule has 28 heavy (non-hydrogen) atoms. The summed E-state index contributed by atoms with van der Waals surface area (Å²) in [5.41, 5.74) is 1.89. The zero-order chi connectivity index (χ0) is 20.1. The van der Waals surface area contributed by atoms with Crippen molar-refractivity contribution in [1.29, 1.82) is 0 Å². The van der Waals surface area contributed by atoms with Crippen molar-refractivity contribution in [3.63, 3.8) is 0 Å². The van der Waals surface area contributed by atoms with Gasteiger partial charge in [-0.25, -0.2) is 4.98 Å². The van der Waals surface area contributed by atoms with Gasteiger partial charge in [0, 0.05) is 21.8 Å². The molecule has 0 bridgehead atoms. The number of alkyl halides is 3. The second-order valence-corrected chi connectivity index (χ2v) is 7.23. The van der Waals surface area contributed by atoms with Gasteiger partial charge in [0.25, 0.3) is 0 Å². The first kappa shape index (κ1) is 18.5. The van der Waals surface area contributed by atoms with Crippen molar-refractivity contribution in [1.82, 2.24) is 15.0 Å². The van der Waals surface area contributed by atoms with Gasteiger partial charge in [0.1, 0.15) is 0 Å². The quantitative estimate of drug-likeness (QED) is 0.385. The number of rotatable bonds is 3. The van der Waals surface area contributed by atoms with Gasteiger partial charge in [-0.1, -0.05) is 34.1 Å². The normalized spacial score (nSPS) is 11.9. The number of carbonyl (C=O) groups is 1. The maximum atomic E-state index is 13.2. The highest BCUT2D eigenvalue weighted by molar-refractivity contribution is 9.10. The Morgan fingerprint density at radius 2 is 1.89 bits per heavy atom. The standard InChI is InChI=1S/C20H13BrF3N3O/c1-10-6-15-16(8-14(10)21)27-19(26-15)17-7-11(9-25-17)18(28)12-4-2-3-5-13(12)20(22,23)24/h2-9,25H,1H3,(H,26,27). The molecule has 4 nitrogen and oxygen atoms in total. The van der Waals surface area contributed by atoms with Crippen LogP contribution < -0.4 is 0 Å². The summed E-state index contributed by atoms with van der Waals surface area (Å²) in [6.07, 6.45) is -3.21. The number of ketones is 1. The van der Waals surface area contributed by atoms with Crippen LogP contribution in [-0.4, -0.2) is 20.7 Å². The van der Waals surface area contributed by atoms with E-state index in [0.717, 1.165) is 27.1 Å². The van der Waals surface area contributed by atoms with Gasteiger partial charge in [-0.2, -0.15) is 13.2 Å². The van der Waals surface area contributed by atoms with Crippen molar-refractivity contribution in [2.45, 2.75) is 13.1 Å². The molecule has 4 aromatic rings. The van der Waals surface area contributed by atoms with Gasteiger partial charge in [-0.3, -0.25) is 4.79 Å². The van der Waals surface area contributed by atoms with Crippen molar-refractivity contribution in [2.24, 2.45) is 0 Å². The van der Waals surface area contributed by atoms with Gasteiger partial charge in [0.2, 0.25) is 0 Å². The fourth-order valence-electron chi connectivity index (χ4n) is 3.01. The summed E-state index contributed by atoms with van der Waals surface area (Å²) in [5.74, 6) is -0.208. The number of carbonyl (C=O) groups excluding carboxylic acids is 1. The summed E-state index contributed by atoms with van der Waals surface area (Å²) >= 11 is 3.46. The van der Waals surface area contributed by atoms with Crippen molar-refractivity contribution < 1.29 is 18.0 Å². The number of fused-ring (bicyclic) bond motifs is 1. The van der Waals surface area contributed by atoms with Crippen molar-refractivity contribution in [2.75, 3.05) is 0 Å². The molecule has 2 aromatic carbocycles. The molecular weight excluding hydrogens is 435 g/mol. The predicted molar refractivity (Wildman–Crippen MR) is 103 cm³/mol. The lowest BCUT2D eigenvalue weighted by Gasteiger charge is -2.10. The van der Waals surface area contributed by atoms with E-state index in [9.17, 15) is 18.0 Å². The average molecular weight is 448 g/mol. The second-order valence-electron chi connectivity index (χ2n) is 6.38. The molecule has 0 radical (unpaired) electrons. The summed E-state index contributed by atoms with van der Waals surface area (Å²) in [4.78, 5) is 23.2. The Kier molecular flexibility index (Phi) is 4.38. The Morgan fingerprint density at radius 1 is 1.14 bits per heavy atom. The molecule has 0 saturated heterocycles. The number of hydrogen-bond donors (Lipinski definition) is 2. The van der Waals surface area contributed by atoms with Crippen LogP contribution in [0.4, 0.5) is 13.2 Å². The lowest BCUT2D eigenvalue weighted by atomic mass is 9.99. The minimum absolute atomic E-state index is 0.129. The molecule has 0 amide bonds. The van der Waals surface area contributed by atoms with Crippen LogP contribution in [0.2, 0.25) is 0 Å². The third-order valence-corrected chi connectivity index (χ3v) is 5.29. The fourth-order valence-corrected chi connectivity index (χ4v) is 3.34. The first-order valence-electron chi connectivity index (χ1n) is 8.29. The van der Waals surface area contributed by atoms with E-state index in [-0.39, 0.29) is 11.1 Å². The van der Waals surface area contributed by atoms with Crippen molar-refractivity contribution in [3.8, 4) is 11.5 Å². The predicted octanol–water partition coefficient (Wildman–Crippen LogP) is 5.88. The van der Waals surface area contributed by atoms with Gasteiger partial charge in [-0.05, 0) is 36.8 Å². The maximum Gasteiger partial charge on any atom is 0.417 e. The number of aromatic amines is 2. The Labute approximate surface area is 165 Å². The highest BCUT2D eigenvalue weighted by atomic mass is 79.9. The molecule has 0 unspecified atom stereocenters. The first-order valence-corrected chi connectivity index (χ1v) is 9.09. The van der Waals surface area contributed by atoms with Gasteiger partial charge in [-0.15, -0.1) is 0 Å². The van der Waals surface area contributed by atoms with E-state index in [0.29, 0.717) is 11.5 Å². The van der Waals surface area contributed by atoms with Gasteiger partial charge in [0.05, 0.1) is 22.3 Å². The van der Waals surface area contributed by atoms with Crippen LogP contribution in [-0.2, 0) is 6.18 Å². The van der Waals surface area contributed by atoms with E-state index < -0.39 is 17.5 Å². The number of imidazole rings is 1. The molecule has 0 saturated carbocycles.